The van der Waals surface area contributed by atoms with Gasteiger partial charge in [-0.15, -0.1) is 0 Å². The van der Waals surface area contributed by atoms with Crippen LogP contribution in [0.1, 0.15) is 18.9 Å². The van der Waals surface area contributed by atoms with E-state index in [1.165, 1.54) is 0 Å². The van der Waals surface area contributed by atoms with Gasteiger partial charge in [-0.05, 0) is 32.1 Å². The molecule has 0 spiro atoms. The van der Waals surface area contributed by atoms with Crippen LogP contribution >= 0.6 is 11.6 Å². The lowest BCUT2D eigenvalue weighted by Gasteiger charge is -2.14. The van der Waals surface area contributed by atoms with E-state index in [-0.39, 0.29) is 0 Å². The number of likely N-dealkylation sites (N-methyl/N-ethyl adjacent to an activating group) is 1. The van der Waals surface area contributed by atoms with Gasteiger partial charge in [0.15, 0.2) is 11.5 Å². The Morgan fingerprint density at radius 3 is 2.60 bits per heavy atom. The van der Waals surface area contributed by atoms with Crippen molar-refractivity contribution in [3.63, 3.8) is 0 Å². The standard InChI is InChI=1S/C15H25ClN2O2/c1-5-8-20-15-10-13(16)12(9-14(15)19-4)11-17-6-7-18(2)3/h9-10,17H,5-8,11H2,1-4H3. The largest absolute Gasteiger partial charge is 0.493 e. The smallest absolute Gasteiger partial charge is 0.162 e. The molecule has 5 heteroatoms. The summed E-state index contributed by atoms with van der Waals surface area (Å²) in [5, 5.41) is 4.07. The fraction of sp³-hybridized carbons (Fsp3) is 0.600. The minimum Gasteiger partial charge on any atom is -0.493 e. The van der Waals surface area contributed by atoms with Gasteiger partial charge in [0, 0.05) is 30.7 Å². The molecule has 0 saturated carbocycles. The minimum absolute atomic E-state index is 0.660. The highest BCUT2D eigenvalue weighted by Gasteiger charge is 2.10. The lowest BCUT2D eigenvalue weighted by Crippen LogP contribution is -2.26. The molecule has 0 aliphatic rings. The van der Waals surface area contributed by atoms with Crippen LogP contribution in [-0.4, -0.2) is 45.8 Å². The summed E-state index contributed by atoms with van der Waals surface area (Å²) >= 11 is 6.29. The third kappa shape index (κ3) is 5.57. The van der Waals surface area contributed by atoms with Crippen molar-refractivity contribution in [3.8, 4) is 11.5 Å². The quantitative estimate of drug-likeness (QED) is 0.711. The molecule has 1 N–H and O–H groups in total. The highest BCUT2D eigenvalue weighted by atomic mass is 35.5. The molecule has 1 rings (SSSR count). The zero-order valence-corrected chi connectivity index (χ0v) is 13.6. The number of nitrogens with one attached hydrogen (secondary N) is 1. The molecule has 0 amide bonds. The summed E-state index contributed by atoms with van der Waals surface area (Å²) in [4.78, 5) is 2.14. The first-order valence-corrected chi connectivity index (χ1v) is 7.31. The third-order valence-corrected chi connectivity index (χ3v) is 3.20. The molecule has 4 nitrogen and oxygen atoms in total. The van der Waals surface area contributed by atoms with E-state index in [0.717, 1.165) is 37.4 Å². The number of rotatable bonds is 9. The van der Waals surface area contributed by atoms with Crippen LogP contribution in [0.3, 0.4) is 0 Å². The van der Waals surface area contributed by atoms with Crippen molar-refractivity contribution in [1.82, 2.24) is 10.2 Å². The molecule has 0 fully saturated rings. The van der Waals surface area contributed by atoms with Crippen molar-refractivity contribution < 1.29 is 9.47 Å². The van der Waals surface area contributed by atoms with E-state index in [4.69, 9.17) is 21.1 Å². The van der Waals surface area contributed by atoms with Gasteiger partial charge in [-0.3, -0.25) is 0 Å². The van der Waals surface area contributed by atoms with Crippen LogP contribution in [0.15, 0.2) is 12.1 Å². The first-order chi connectivity index (χ1) is 9.58. The number of halogens is 1. The van der Waals surface area contributed by atoms with Crippen LogP contribution in [0.2, 0.25) is 5.02 Å². The molecule has 0 radical (unpaired) electrons. The van der Waals surface area contributed by atoms with Crippen LogP contribution in [0.5, 0.6) is 11.5 Å². The average Bonchev–Trinajstić information content (AvgIpc) is 2.42. The highest BCUT2D eigenvalue weighted by Crippen LogP contribution is 2.33. The molecule has 1 aromatic carbocycles. The Bertz CT molecular complexity index is 411. The van der Waals surface area contributed by atoms with Crippen LogP contribution in [0, 0.1) is 0 Å². The summed E-state index contributed by atoms with van der Waals surface area (Å²) in [5.41, 5.74) is 1.02. The fourth-order valence-electron chi connectivity index (χ4n) is 1.72. The van der Waals surface area contributed by atoms with E-state index in [2.05, 4.69) is 31.2 Å². The normalized spacial score (nSPS) is 10.9. The van der Waals surface area contributed by atoms with Crippen LogP contribution in [0.25, 0.3) is 0 Å². The predicted molar refractivity (Wildman–Crippen MR) is 84.1 cm³/mol. The minimum atomic E-state index is 0.660. The monoisotopic (exact) mass is 300 g/mol. The number of hydrogen-bond donors (Lipinski definition) is 1. The third-order valence-electron chi connectivity index (χ3n) is 2.85. The molecule has 114 valence electrons. The Morgan fingerprint density at radius 2 is 2.00 bits per heavy atom. The molecule has 0 unspecified atom stereocenters. The zero-order chi connectivity index (χ0) is 15.0. The Morgan fingerprint density at radius 1 is 1.25 bits per heavy atom. The lowest BCUT2D eigenvalue weighted by atomic mass is 10.2. The molecule has 1 aromatic rings. The number of benzene rings is 1. The second kappa shape index (κ2) is 9.06. The molecule has 0 atom stereocenters. The highest BCUT2D eigenvalue weighted by molar-refractivity contribution is 6.31. The second-order valence-electron chi connectivity index (χ2n) is 4.92. The van der Waals surface area contributed by atoms with Crippen molar-refractivity contribution >= 4 is 11.6 Å². The molecule has 0 aliphatic heterocycles. The summed E-state index contributed by atoms with van der Waals surface area (Å²) < 4.78 is 11.0. The van der Waals surface area contributed by atoms with Gasteiger partial charge in [0.1, 0.15) is 0 Å². The summed E-state index contributed by atoms with van der Waals surface area (Å²) in [6.07, 6.45) is 0.953. The van der Waals surface area contributed by atoms with Gasteiger partial charge in [-0.2, -0.15) is 0 Å². The molecule has 20 heavy (non-hydrogen) atoms. The summed E-state index contributed by atoms with van der Waals surface area (Å²) in [6.45, 7) is 5.35. The van der Waals surface area contributed by atoms with Gasteiger partial charge >= 0.3 is 0 Å². The first kappa shape index (κ1) is 17.1. The van der Waals surface area contributed by atoms with Gasteiger partial charge in [0.2, 0.25) is 0 Å². The van der Waals surface area contributed by atoms with E-state index in [1.54, 1.807) is 7.11 Å². The van der Waals surface area contributed by atoms with E-state index < -0.39 is 0 Å². The van der Waals surface area contributed by atoms with E-state index in [9.17, 15) is 0 Å². The lowest BCUT2D eigenvalue weighted by molar-refractivity contribution is 0.294. The van der Waals surface area contributed by atoms with Crippen LogP contribution in [0.4, 0.5) is 0 Å². The molecular weight excluding hydrogens is 276 g/mol. The Hall–Kier alpha value is -0.970. The maximum absolute atomic E-state index is 6.29. The van der Waals surface area contributed by atoms with Gasteiger partial charge in [-0.25, -0.2) is 0 Å². The van der Waals surface area contributed by atoms with Crippen molar-refractivity contribution in [2.45, 2.75) is 19.9 Å². The van der Waals surface area contributed by atoms with Crippen LogP contribution in [-0.2, 0) is 6.54 Å². The van der Waals surface area contributed by atoms with Crippen molar-refractivity contribution in [2.24, 2.45) is 0 Å². The van der Waals surface area contributed by atoms with Crippen molar-refractivity contribution in [1.29, 1.82) is 0 Å². The van der Waals surface area contributed by atoms with Crippen molar-refractivity contribution in [3.05, 3.63) is 22.7 Å². The van der Waals surface area contributed by atoms with Gasteiger partial charge < -0.3 is 19.7 Å². The fourth-order valence-corrected chi connectivity index (χ4v) is 1.94. The Labute approximate surface area is 127 Å². The van der Waals surface area contributed by atoms with E-state index >= 15 is 0 Å². The summed E-state index contributed by atoms with van der Waals surface area (Å²) in [6, 6.07) is 3.77. The molecule has 0 aromatic heterocycles. The number of hydrogen-bond acceptors (Lipinski definition) is 4. The first-order valence-electron chi connectivity index (χ1n) is 6.93. The second-order valence-corrected chi connectivity index (χ2v) is 5.33. The Balaban J connectivity index is 2.67. The molecule has 0 saturated heterocycles. The summed E-state index contributed by atoms with van der Waals surface area (Å²) in [5.74, 6) is 1.43. The van der Waals surface area contributed by atoms with E-state index in [1.807, 2.05) is 12.1 Å². The van der Waals surface area contributed by atoms with Crippen molar-refractivity contribution in [2.75, 3.05) is 40.9 Å². The molecular formula is C15H25ClN2O2. The number of methoxy groups -OCH3 is 1. The van der Waals surface area contributed by atoms with Gasteiger partial charge in [0.25, 0.3) is 0 Å². The number of nitrogens with zero attached hydrogens (tertiary/aromatic N) is 1. The maximum atomic E-state index is 6.29. The molecule has 0 bridgehead atoms. The maximum Gasteiger partial charge on any atom is 0.162 e. The number of ether oxygens (including phenoxy) is 2. The van der Waals surface area contributed by atoms with Crippen LogP contribution < -0.4 is 14.8 Å². The zero-order valence-electron chi connectivity index (χ0n) is 12.8. The predicted octanol–water partition coefficient (Wildman–Crippen LogP) is 2.79. The Kier molecular flexibility index (Phi) is 7.73. The van der Waals surface area contributed by atoms with Gasteiger partial charge in [0.05, 0.1) is 13.7 Å². The topological polar surface area (TPSA) is 33.7 Å². The van der Waals surface area contributed by atoms with E-state index in [0.29, 0.717) is 17.4 Å². The molecule has 0 heterocycles. The molecule has 0 aliphatic carbocycles. The SMILES string of the molecule is CCCOc1cc(Cl)c(CNCCN(C)C)cc1OC. The average molecular weight is 301 g/mol. The summed E-state index contributed by atoms with van der Waals surface area (Å²) in [7, 11) is 5.75. The van der Waals surface area contributed by atoms with Gasteiger partial charge in [-0.1, -0.05) is 18.5 Å².